The molecule has 0 spiro atoms. The van der Waals surface area contributed by atoms with Gasteiger partial charge < -0.3 is 4.74 Å². The molecular weight excluding hydrogens is 316 g/mol. The number of sulfonamides is 1. The first-order valence-corrected chi connectivity index (χ1v) is 9.56. The fourth-order valence-electron chi connectivity index (χ4n) is 3.85. The van der Waals surface area contributed by atoms with Crippen LogP contribution in [0.3, 0.4) is 0 Å². The molecule has 4 rings (SSSR count). The summed E-state index contributed by atoms with van der Waals surface area (Å²) in [7, 11) is -1.93. The zero-order chi connectivity index (χ0) is 16.2. The molecule has 1 heterocycles. The molecule has 1 aromatic heterocycles. The molecule has 0 aromatic carbocycles. The van der Waals surface area contributed by atoms with Crippen molar-refractivity contribution >= 4 is 21.7 Å². The Morgan fingerprint density at radius 3 is 2.65 bits per heavy atom. The van der Waals surface area contributed by atoms with Crippen molar-refractivity contribution in [2.75, 3.05) is 11.8 Å². The molecule has 7 heteroatoms. The number of nitrogens with one attached hydrogen (secondary N) is 1. The van der Waals surface area contributed by atoms with E-state index >= 15 is 0 Å². The number of methoxy groups -OCH3 is 1. The van der Waals surface area contributed by atoms with Gasteiger partial charge in [-0.2, -0.15) is 0 Å². The zero-order valence-corrected chi connectivity index (χ0v) is 13.8. The number of hydrogen-bond donors (Lipinski definition) is 1. The highest BCUT2D eigenvalue weighted by Gasteiger charge is 2.59. The molecule has 124 valence electrons. The smallest absolute Gasteiger partial charge is 0.317 e. The third-order valence-electron chi connectivity index (χ3n) is 5.34. The molecule has 1 N–H and O–H groups in total. The van der Waals surface area contributed by atoms with Crippen LogP contribution in [-0.2, 0) is 25.0 Å². The maximum absolute atomic E-state index is 12.4. The average Bonchev–Trinajstić information content (AvgIpc) is 3.45. The predicted octanol–water partition coefficient (Wildman–Crippen LogP) is 1.83. The molecule has 2 unspecified atom stereocenters. The number of hydrogen-bond acceptors (Lipinski definition) is 5. The summed E-state index contributed by atoms with van der Waals surface area (Å²) in [6.07, 6.45) is 5.65. The fourth-order valence-corrected chi connectivity index (χ4v) is 5.23. The van der Waals surface area contributed by atoms with E-state index in [1.54, 1.807) is 18.3 Å². The van der Waals surface area contributed by atoms with E-state index in [4.69, 9.17) is 4.74 Å². The van der Waals surface area contributed by atoms with Gasteiger partial charge in [-0.1, -0.05) is 0 Å². The number of carbonyl (C=O) groups is 1. The van der Waals surface area contributed by atoms with E-state index in [0.29, 0.717) is 36.1 Å². The molecule has 3 saturated carbocycles. The molecular formula is C16H20N2O4S. The highest BCUT2D eigenvalue weighted by atomic mass is 32.2. The molecule has 3 fully saturated rings. The van der Waals surface area contributed by atoms with Crippen LogP contribution in [0.25, 0.3) is 0 Å². The summed E-state index contributed by atoms with van der Waals surface area (Å²) < 4.78 is 31.9. The van der Waals surface area contributed by atoms with Crippen molar-refractivity contribution in [3.63, 3.8) is 0 Å². The highest BCUT2D eigenvalue weighted by Crippen LogP contribution is 2.60. The number of nitrogens with zero attached hydrogens (tertiary/aromatic N) is 1. The maximum Gasteiger partial charge on any atom is 0.317 e. The minimum Gasteiger partial charge on any atom is -0.468 e. The molecule has 6 nitrogen and oxygen atoms in total. The monoisotopic (exact) mass is 336 g/mol. The summed E-state index contributed by atoms with van der Waals surface area (Å²) in [6.45, 7) is 0. The number of pyridine rings is 1. The maximum atomic E-state index is 12.4. The number of ether oxygens (including phenoxy) is 1. The van der Waals surface area contributed by atoms with Crippen molar-refractivity contribution in [2.45, 2.75) is 42.8 Å². The van der Waals surface area contributed by atoms with Crippen LogP contribution in [0.15, 0.2) is 18.3 Å². The molecule has 0 bridgehead atoms. The predicted molar refractivity (Wildman–Crippen MR) is 84.3 cm³/mol. The van der Waals surface area contributed by atoms with Crippen LogP contribution in [0.4, 0.5) is 5.69 Å². The largest absolute Gasteiger partial charge is 0.468 e. The standard InChI is InChI=1S/C16H20N2O4S/c1-22-15(19)16(8-10-6-11(10)9-16)14-7-12(4-5-17-14)18-23(20,21)13-2-3-13/h4-5,7,10-11,13H,2-3,6,8-9H2,1H3,(H,17,18). The van der Waals surface area contributed by atoms with Gasteiger partial charge in [0.25, 0.3) is 0 Å². The van der Waals surface area contributed by atoms with Crippen molar-refractivity contribution in [2.24, 2.45) is 11.8 Å². The molecule has 0 aliphatic heterocycles. The van der Waals surface area contributed by atoms with Gasteiger partial charge in [-0.15, -0.1) is 0 Å². The van der Waals surface area contributed by atoms with Crippen LogP contribution < -0.4 is 4.72 Å². The second-order valence-corrected chi connectivity index (χ2v) is 8.97. The summed E-state index contributed by atoms with van der Waals surface area (Å²) in [5, 5.41) is -0.284. The third kappa shape index (κ3) is 2.51. The molecule has 1 aromatic rings. The summed E-state index contributed by atoms with van der Waals surface area (Å²) >= 11 is 0. The number of aromatic nitrogens is 1. The van der Waals surface area contributed by atoms with Crippen LogP contribution in [0.1, 0.15) is 37.8 Å². The van der Waals surface area contributed by atoms with Crippen LogP contribution in [0.5, 0.6) is 0 Å². The molecule has 0 amide bonds. The molecule has 0 saturated heterocycles. The molecule has 3 aliphatic rings. The Bertz CT molecular complexity index is 747. The normalized spacial score (nSPS) is 32.2. The lowest BCUT2D eigenvalue weighted by Crippen LogP contribution is -2.36. The zero-order valence-electron chi connectivity index (χ0n) is 13.0. The first-order valence-electron chi connectivity index (χ1n) is 8.01. The van der Waals surface area contributed by atoms with Crippen molar-refractivity contribution in [3.05, 3.63) is 24.0 Å². The summed E-state index contributed by atoms with van der Waals surface area (Å²) in [5.41, 5.74) is 0.377. The van der Waals surface area contributed by atoms with Crippen LogP contribution in [0.2, 0.25) is 0 Å². The number of fused-ring (bicyclic) bond motifs is 1. The Morgan fingerprint density at radius 2 is 2.04 bits per heavy atom. The third-order valence-corrected chi connectivity index (χ3v) is 7.21. The van der Waals surface area contributed by atoms with Gasteiger partial charge in [0.05, 0.1) is 23.7 Å². The Kier molecular flexibility index (Phi) is 3.20. The van der Waals surface area contributed by atoms with Crippen molar-refractivity contribution in [1.82, 2.24) is 4.98 Å². The summed E-state index contributed by atoms with van der Waals surface area (Å²) in [6, 6.07) is 3.33. The van der Waals surface area contributed by atoms with Crippen molar-refractivity contribution in [3.8, 4) is 0 Å². The lowest BCUT2D eigenvalue weighted by Gasteiger charge is -2.27. The van der Waals surface area contributed by atoms with E-state index in [0.717, 1.165) is 12.8 Å². The van der Waals surface area contributed by atoms with E-state index in [2.05, 4.69) is 9.71 Å². The minimum atomic E-state index is -3.32. The van der Waals surface area contributed by atoms with Gasteiger partial charge in [0.2, 0.25) is 10.0 Å². The lowest BCUT2D eigenvalue weighted by molar-refractivity contribution is -0.148. The quantitative estimate of drug-likeness (QED) is 0.829. The number of esters is 1. The Balaban J connectivity index is 1.65. The van der Waals surface area contributed by atoms with Gasteiger partial charge in [-0.05, 0) is 56.1 Å². The first kappa shape index (κ1) is 14.9. The second kappa shape index (κ2) is 4.93. The molecule has 0 radical (unpaired) electrons. The van der Waals surface area contributed by atoms with Crippen molar-refractivity contribution < 1.29 is 17.9 Å². The number of carbonyl (C=O) groups excluding carboxylic acids is 1. The Hall–Kier alpha value is -1.63. The lowest BCUT2D eigenvalue weighted by atomic mass is 9.79. The summed E-state index contributed by atoms with van der Waals surface area (Å²) in [5.74, 6) is 0.879. The van der Waals surface area contributed by atoms with Crippen LogP contribution >= 0.6 is 0 Å². The van der Waals surface area contributed by atoms with Gasteiger partial charge in [0.1, 0.15) is 5.41 Å². The van der Waals surface area contributed by atoms with Crippen LogP contribution in [0, 0.1) is 11.8 Å². The van der Waals surface area contributed by atoms with Gasteiger partial charge in [0, 0.05) is 6.20 Å². The van der Waals surface area contributed by atoms with Gasteiger partial charge in [-0.25, -0.2) is 8.42 Å². The summed E-state index contributed by atoms with van der Waals surface area (Å²) in [4.78, 5) is 16.8. The first-order chi connectivity index (χ1) is 10.9. The number of anilines is 1. The van der Waals surface area contributed by atoms with E-state index in [1.807, 2.05) is 0 Å². The fraction of sp³-hybridized carbons (Fsp3) is 0.625. The Labute approximate surface area is 135 Å². The highest BCUT2D eigenvalue weighted by molar-refractivity contribution is 7.93. The topological polar surface area (TPSA) is 85.4 Å². The van der Waals surface area contributed by atoms with Gasteiger partial charge in [0.15, 0.2) is 0 Å². The van der Waals surface area contributed by atoms with Crippen molar-refractivity contribution in [1.29, 1.82) is 0 Å². The van der Waals surface area contributed by atoms with E-state index < -0.39 is 15.4 Å². The second-order valence-electron chi connectivity index (χ2n) is 7.01. The van der Waals surface area contributed by atoms with Gasteiger partial charge in [-0.3, -0.25) is 14.5 Å². The molecule has 2 atom stereocenters. The van der Waals surface area contributed by atoms with Gasteiger partial charge >= 0.3 is 5.97 Å². The minimum absolute atomic E-state index is 0.264. The Morgan fingerprint density at radius 1 is 1.35 bits per heavy atom. The van der Waals surface area contributed by atoms with E-state index in [1.165, 1.54) is 13.5 Å². The molecule has 3 aliphatic carbocycles. The van der Waals surface area contributed by atoms with Crippen LogP contribution in [-0.4, -0.2) is 31.7 Å². The van der Waals surface area contributed by atoms with E-state index in [9.17, 15) is 13.2 Å². The number of rotatable bonds is 5. The SMILES string of the molecule is COC(=O)C1(c2cc(NS(=O)(=O)C3CC3)ccn2)CC2CC2C1. The molecule has 23 heavy (non-hydrogen) atoms. The average molecular weight is 336 g/mol. The van der Waals surface area contributed by atoms with E-state index in [-0.39, 0.29) is 11.2 Å².